The number of rotatable bonds is 2. The second kappa shape index (κ2) is 3.27. The first-order valence-electron chi connectivity index (χ1n) is 2.93. The van der Waals surface area contributed by atoms with E-state index in [-0.39, 0.29) is 0 Å². The fraction of sp³-hybridized carbons (Fsp3) is 0.143. The molecule has 52 valence electrons. The third-order valence-corrected chi connectivity index (χ3v) is 1.71. The Balaban J connectivity index is 2.83. The largest absolute Gasteiger partial charge is 0.178 e. The molecule has 0 saturated carbocycles. The normalized spacial score (nSPS) is 10.5. The number of hydrogen-bond donors (Lipinski definition) is 0. The summed E-state index contributed by atoms with van der Waals surface area (Å²) >= 11 is 1.23. The Morgan fingerprint density at radius 1 is 1.50 bits per heavy atom. The van der Waals surface area contributed by atoms with Gasteiger partial charge in [-0.3, -0.25) is 0 Å². The van der Waals surface area contributed by atoms with Gasteiger partial charge in [0.15, 0.2) is 0 Å². The highest BCUT2D eigenvalue weighted by molar-refractivity contribution is 6.99. The average Bonchev–Trinajstić information content (AvgIpc) is 2.31. The molecule has 1 rings (SSSR count). The lowest BCUT2D eigenvalue weighted by Crippen LogP contribution is -1.74. The summed E-state index contributed by atoms with van der Waals surface area (Å²) in [6.45, 7) is 5.49. The summed E-state index contributed by atoms with van der Waals surface area (Å²) in [4.78, 5) is 0. The Kier molecular flexibility index (Phi) is 2.34. The van der Waals surface area contributed by atoms with Gasteiger partial charge in [0.05, 0.1) is 23.1 Å². The van der Waals surface area contributed by atoms with Crippen LogP contribution in [0.4, 0.5) is 0 Å². The van der Waals surface area contributed by atoms with Crippen LogP contribution in [0, 0.1) is 6.92 Å². The molecule has 1 aromatic heterocycles. The molecular formula is C7H8N2S. The molecule has 0 fully saturated rings. The van der Waals surface area contributed by atoms with Crippen LogP contribution in [0.25, 0.3) is 6.08 Å². The topological polar surface area (TPSA) is 25.8 Å². The van der Waals surface area contributed by atoms with Crippen LogP contribution < -0.4 is 0 Å². The van der Waals surface area contributed by atoms with E-state index in [4.69, 9.17) is 0 Å². The molecule has 0 aliphatic carbocycles. The maximum atomic E-state index is 4.05. The SMILES string of the molecule is C=CC=Cc1nsnc1C. The molecule has 1 heterocycles. The van der Waals surface area contributed by atoms with Crippen LogP contribution in [0.15, 0.2) is 18.7 Å². The van der Waals surface area contributed by atoms with Gasteiger partial charge in [-0.2, -0.15) is 8.75 Å². The minimum atomic E-state index is 0.935. The zero-order valence-corrected chi connectivity index (χ0v) is 6.56. The van der Waals surface area contributed by atoms with E-state index >= 15 is 0 Å². The second-order valence-electron chi connectivity index (χ2n) is 1.83. The Morgan fingerprint density at radius 3 is 2.80 bits per heavy atom. The molecule has 0 aromatic carbocycles. The van der Waals surface area contributed by atoms with E-state index in [1.807, 2.05) is 19.1 Å². The van der Waals surface area contributed by atoms with Crippen molar-refractivity contribution in [3.05, 3.63) is 30.1 Å². The average molecular weight is 152 g/mol. The highest BCUT2D eigenvalue weighted by atomic mass is 32.1. The maximum Gasteiger partial charge on any atom is 0.0998 e. The first-order valence-corrected chi connectivity index (χ1v) is 3.66. The Bertz CT molecular complexity index is 250. The molecule has 0 atom stereocenters. The van der Waals surface area contributed by atoms with Crippen molar-refractivity contribution in [1.29, 1.82) is 0 Å². The van der Waals surface area contributed by atoms with Crippen LogP contribution in [0.5, 0.6) is 0 Å². The van der Waals surface area contributed by atoms with Crippen LogP contribution >= 0.6 is 11.7 Å². The maximum absolute atomic E-state index is 4.05. The first-order chi connectivity index (χ1) is 4.84. The highest BCUT2D eigenvalue weighted by Gasteiger charge is 1.95. The molecule has 0 aliphatic heterocycles. The smallest absolute Gasteiger partial charge is 0.0998 e. The predicted molar refractivity (Wildman–Crippen MR) is 43.9 cm³/mol. The number of hydrogen-bond acceptors (Lipinski definition) is 3. The van der Waals surface area contributed by atoms with E-state index in [1.54, 1.807) is 6.08 Å². The van der Waals surface area contributed by atoms with Gasteiger partial charge in [-0.1, -0.05) is 18.7 Å². The first kappa shape index (κ1) is 7.15. The molecule has 1 aromatic rings. The van der Waals surface area contributed by atoms with Crippen LogP contribution in [-0.4, -0.2) is 8.75 Å². The van der Waals surface area contributed by atoms with Crippen LogP contribution in [-0.2, 0) is 0 Å². The Morgan fingerprint density at radius 2 is 2.30 bits per heavy atom. The molecule has 0 N–H and O–H groups in total. The van der Waals surface area contributed by atoms with Gasteiger partial charge in [-0.25, -0.2) is 0 Å². The lowest BCUT2D eigenvalue weighted by atomic mass is 10.3. The summed E-state index contributed by atoms with van der Waals surface area (Å²) in [7, 11) is 0. The quantitative estimate of drug-likeness (QED) is 0.606. The number of nitrogens with zero attached hydrogens (tertiary/aromatic N) is 2. The zero-order chi connectivity index (χ0) is 7.40. The second-order valence-corrected chi connectivity index (χ2v) is 2.36. The Hall–Kier alpha value is -0.960. The standard InChI is InChI=1S/C7H8N2S/c1-3-4-5-7-6(2)8-10-9-7/h3-5H,1H2,2H3. The minimum Gasteiger partial charge on any atom is -0.178 e. The van der Waals surface area contributed by atoms with Gasteiger partial charge < -0.3 is 0 Å². The van der Waals surface area contributed by atoms with E-state index in [1.165, 1.54) is 11.7 Å². The molecule has 0 spiro atoms. The molecular weight excluding hydrogens is 144 g/mol. The van der Waals surface area contributed by atoms with E-state index in [0.29, 0.717) is 0 Å². The van der Waals surface area contributed by atoms with E-state index in [2.05, 4.69) is 15.3 Å². The molecule has 3 heteroatoms. The summed E-state index contributed by atoms with van der Waals surface area (Å²) in [6.07, 6.45) is 5.47. The summed E-state index contributed by atoms with van der Waals surface area (Å²) in [5.74, 6) is 0. The fourth-order valence-corrected chi connectivity index (χ4v) is 1.09. The van der Waals surface area contributed by atoms with Crippen LogP contribution in [0.2, 0.25) is 0 Å². The van der Waals surface area contributed by atoms with Crippen molar-refractivity contribution in [3.63, 3.8) is 0 Å². The van der Waals surface area contributed by atoms with Crippen molar-refractivity contribution >= 4 is 17.8 Å². The molecule has 10 heavy (non-hydrogen) atoms. The van der Waals surface area contributed by atoms with Gasteiger partial charge in [0, 0.05) is 0 Å². The third-order valence-electron chi connectivity index (χ3n) is 1.08. The van der Waals surface area contributed by atoms with Gasteiger partial charge in [0.1, 0.15) is 0 Å². The minimum absolute atomic E-state index is 0.935. The van der Waals surface area contributed by atoms with Gasteiger partial charge >= 0.3 is 0 Å². The lowest BCUT2D eigenvalue weighted by Gasteiger charge is -1.81. The molecule has 0 bridgehead atoms. The van der Waals surface area contributed by atoms with Crippen molar-refractivity contribution < 1.29 is 0 Å². The molecule has 2 nitrogen and oxygen atoms in total. The third kappa shape index (κ3) is 1.51. The molecule has 0 amide bonds. The zero-order valence-electron chi connectivity index (χ0n) is 5.74. The Labute approximate surface area is 64.2 Å². The van der Waals surface area contributed by atoms with Gasteiger partial charge in [0.25, 0.3) is 0 Å². The molecule has 0 unspecified atom stereocenters. The van der Waals surface area contributed by atoms with Gasteiger partial charge in [-0.15, -0.1) is 0 Å². The van der Waals surface area contributed by atoms with Crippen LogP contribution in [0.1, 0.15) is 11.4 Å². The van der Waals surface area contributed by atoms with Crippen molar-refractivity contribution in [2.45, 2.75) is 6.92 Å². The van der Waals surface area contributed by atoms with Crippen LogP contribution in [0.3, 0.4) is 0 Å². The van der Waals surface area contributed by atoms with E-state index < -0.39 is 0 Å². The molecule has 0 saturated heterocycles. The fourth-order valence-electron chi connectivity index (χ4n) is 0.549. The summed E-state index contributed by atoms with van der Waals surface area (Å²) < 4.78 is 8.06. The van der Waals surface area contributed by atoms with E-state index in [9.17, 15) is 0 Å². The van der Waals surface area contributed by atoms with Gasteiger partial charge in [0.2, 0.25) is 0 Å². The van der Waals surface area contributed by atoms with Crippen molar-refractivity contribution in [2.75, 3.05) is 0 Å². The molecule has 0 aliphatic rings. The number of aryl methyl sites for hydroxylation is 1. The van der Waals surface area contributed by atoms with E-state index in [0.717, 1.165) is 11.4 Å². The summed E-state index contributed by atoms with van der Waals surface area (Å²) in [6, 6.07) is 0. The monoisotopic (exact) mass is 152 g/mol. The highest BCUT2D eigenvalue weighted by Crippen LogP contribution is 2.05. The molecule has 0 radical (unpaired) electrons. The van der Waals surface area contributed by atoms with Crippen molar-refractivity contribution in [2.24, 2.45) is 0 Å². The van der Waals surface area contributed by atoms with Crippen molar-refractivity contribution in [3.8, 4) is 0 Å². The predicted octanol–water partition coefficient (Wildman–Crippen LogP) is 2.05. The number of aromatic nitrogens is 2. The summed E-state index contributed by atoms with van der Waals surface area (Å²) in [5.41, 5.74) is 1.91. The van der Waals surface area contributed by atoms with Gasteiger partial charge in [-0.05, 0) is 13.0 Å². The summed E-state index contributed by atoms with van der Waals surface area (Å²) in [5, 5.41) is 0. The lowest BCUT2D eigenvalue weighted by molar-refractivity contribution is 1.30. The van der Waals surface area contributed by atoms with Crippen molar-refractivity contribution in [1.82, 2.24) is 8.75 Å². The number of allylic oxidation sites excluding steroid dienone is 2.